The molecule has 0 aliphatic carbocycles. The van der Waals surface area contributed by atoms with Crippen LogP contribution in [0.2, 0.25) is 0 Å². The van der Waals surface area contributed by atoms with E-state index in [-0.39, 0.29) is 5.82 Å². The van der Waals surface area contributed by atoms with Crippen molar-refractivity contribution in [1.82, 2.24) is 34.7 Å². The Bertz CT molecular complexity index is 716. The normalized spacial score (nSPS) is 10.7. The summed E-state index contributed by atoms with van der Waals surface area (Å²) in [5, 5.41) is 3.97. The number of rotatable bonds is 2. The quantitative estimate of drug-likeness (QED) is 0.618. The fraction of sp³-hybridized carbons (Fsp3) is 0.111. The summed E-state index contributed by atoms with van der Waals surface area (Å²) in [7, 11) is 1.26. The maximum absolute atomic E-state index is 11.3. The molecule has 0 fully saturated rings. The fourth-order valence-corrected chi connectivity index (χ4v) is 1.48. The summed E-state index contributed by atoms with van der Waals surface area (Å²) in [6.45, 7) is 0. The van der Waals surface area contributed by atoms with Crippen LogP contribution in [0.3, 0.4) is 0 Å². The van der Waals surface area contributed by atoms with Gasteiger partial charge in [-0.05, 0) is 0 Å². The van der Waals surface area contributed by atoms with Gasteiger partial charge in [-0.1, -0.05) is 0 Å². The molecular formula is C9H7N7O2. The summed E-state index contributed by atoms with van der Waals surface area (Å²) in [5.41, 5.74) is 1.12. The van der Waals surface area contributed by atoms with Crippen LogP contribution in [0.15, 0.2) is 19.0 Å². The summed E-state index contributed by atoms with van der Waals surface area (Å²) in [5.74, 6) is -0.187. The molecule has 90 valence electrons. The van der Waals surface area contributed by atoms with E-state index in [9.17, 15) is 4.79 Å². The second kappa shape index (κ2) is 3.87. The molecule has 0 atom stereocenters. The Hall–Kier alpha value is -2.84. The number of esters is 1. The number of fused-ring (bicyclic) bond motifs is 1. The minimum Gasteiger partial charge on any atom is -0.463 e. The Morgan fingerprint density at radius 1 is 1.33 bits per heavy atom. The van der Waals surface area contributed by atoms with Crippen LogP contribution in [0.5, 0.6) is 0 Å². The topological polar surface area (TPSA) is 111 Å². The molecule has 9 nitrogen and oxygen atoms in total. The van der Waals surface area contributed by atoms with E-state index >= 15 is 0 Å². The number of hydrogen-bond acceptors (Lipinski definition) is 7. The molecule has 0 aliphatic heterocycles. The number of aromatic nitrogens is 7. The zero-order valence-corrected chi connectivity index (χ0v) is 9.23. The number of ether oxygens (including phenoxy) is 1. The summed E-state index contributed by atoms with van der Waals surface area (Å²) in [4.78, 5) is 30.0. The monoisotopic (exact) mass is 245 g/mol. The third kappa shape index (κ3) is 1.49. The third-order valence-corrected chi connectivity index (χ3v) is 2.28. The molecule has 9 heteroatoms. The van der Waals surface area contributed by atoms with Crippen LogP contribution in [0.25, 0.3) is 17.0 Å². The molecule has 0 aliphatic rings. The average molecular weight is 245 g/mol. The van der Waals surface area contributed by atoms with Crippen molar-refractivity contribution in [3.63, 3.8) is 0 Å². The molecule has 3 aromatic heterocycles. The zero-order chi connectivity index (χ0) is 12.5. The molecule has 3 rings (SSSR count). The molecule has 18 heavy (non-hydrogen) atoms. The lowest BCUT2D eigenvalue weighted by Crippen LogP contribution is -2.06. The van der Waals surface area contributed by atoms with E-state index in [4.69, 9.17) is 0 Å². The Labute approximate surface area is 99.9 Å². The van der Waals surface area contributed by atoms with E-state index in [1.54, 1.807) is 0 Å². The molecule has 0 radical (unpaired) electrons. The van der Waals surface area contributed by atoms with Gasteiger partial charge in [0.1, 0.15) is 18.2 Å². The van der Waals surface area contributed by atoms with Crippen molar-refractivity contribution in [3.05, 3.63) is 24.8 Å². The molecule has 0 saturated carbocycles. The minimum absolute atomic E-state index is 0.0382. The fourth-order valence-electron chi connectivity index (χ4n) is 1.48. The molecule has 0 saturated heterocycles. The predicted molar refractivity (Wildman–Crippen MR) is 57.9 cm³/mol. The Kier molecular flexibility index (Phi) is 2.22. The second-order valence-corrected chi connectivity index (χ2v) is 3.30. The zero-order valence-electron chi connectivity index (χ0n) is 9.23. The molecular weight excluding hydrogens is 238 g/mol. The smallest absolute Gasteiger partial charge is 0.377 e. The van der Waals surface area contributed by atoms with Gasteiger partial charge in [0.25, 0.3) is 5.82 Å². The van der Waals surface area contributed by atoms with Crippen LogP contribution in [0, 0.1) is 0 Å². The number of imidazole rings is 1. The van der Waals surface area contributed by atoms with E-state index in [0.29, 0.717) is 17.0 Å². The lowest BCUT2D eigenvalue weighted by molar-refractivity contribution is 0.0587. The predicted octanol–water partition coefficient (Wildman–Crippen LogP) is -0.280. The van der Waals surface area contributed by atoms with Crippen LogP contribution in [0.4, 0.5) is 0 Å². The molecule has 0 aromatic carbocycles. The van der Waals surface area contributed by atoms with E-state index in [1.807, 2.05) is 0 Å². The van der Waals surface area contributed by atoms with Crippen LogP contribution in [-0.4, -0.2) is 47.8 Å². The maximum Gasteiger partial charge on any atom is 0.377 e. The van der Waals surface area contributed by atoms with Gasteiger partial charge in [0.05, 0.1) is 13.4 Å². The first-order valence-electron chi connectivity index (χ1n) is 4.94. The Balaban J connectivity index is 2.12. The van der Waals surface area contributed by atoms with E-state index < -0.39 is 5.97 Å². The van der Waals surface area contributed by atoms with Gasteiger partial charge in [-0.15, -0.1) is 5.10 Å². The molecule has 0 amide bonds. The van der Waals surface area contributed by atoms with Gasteiger partial charge in [0, 0.05) is 0 Å². The van der Waals surface area contributed by atoms with Crippen molar-refractivity contribution >= 4 is 17.1 Å². The molecule has 3 aromatic rings. The molecule has 1 N–H and O–H groups in total. The number of aromatic amines is 1. The summed E-state index contributed by atoms with van der Waals surface area (Å²) in [6, 6.07) is 0. The highest BCUT2D eigenvalue weighted by Gasteiger charge is 2.14. The van der Waals surface area contributed by atoms with Crippen molar-refractivity contribution in [3.8, 4) is 5.82 Å². The number of carbonyl (C=O) groups is 1. The van der Waals surface area contributed by atoms with E-state index in [2.05, 4.69) is 34.8 Å². The van der Waals surface area contributed by atoms with Crippen molar-refractivity contribution in [2.24, 2.45) is 0 Å². The van der Waals surface area contributed by atoms with Crippen LogP contribution >= 0.6 is 0 Å². The number of carbonyl (C=O) groups excluding carboxylic acids is 1. The van der Waals surface area contributed by atoms with E-state index in [0.717, 1.165) is 0 Å². The van der Waals surface area contributed by atoms with Gasteiger partial charge < -0.3 is 9.72 Å². The second-order valence-electron chi connectivity index (χ2n) is 3.30. The molecule has 0 bridgehead atoms. The minimum atomic E-state index is -0.608. The first-order valence-corrected chi connectivity index (χ1v) is 4.94. The number of hydrogen-bond donors (Lipinski definition) is 1. The van der Waals surface area contributed by atoms with Gasteiger partial charge >= 0.3 is 5.97 Å². The highest BCUT2D eigenvalue weighted by Crippen LogP contribution is 2.12. The number of nitrogens with one attached hydrogen (secondary N) is 1. The first kappa shape index (κ1) is 10.3. The average Bonchev–Trinajstić information content (AvgIpc) is 3.05. The molecule has 0 spiro atoms. The van der Waals surface area contributed by atoms with Crippen LogP contribution < -0.4 is 0 Å². The van der Waals surface area contributed by atoms with Crippen molar-refractivity contribution in [2.75, 3.05) is 7.11 Å². The highest BCUT2D eigenvalue weighted by molar-refractivity contribution is 5.85. The summed E-state index contributed by atoms with van der Waals surface area (Å²) < 4.78 is 5.88. The lowest BCUT2D eigenvalue weighted by Gasteiger charge is -1.98. The summed E-state index contributed by atoms with van der Waals surface area (Å²) in [6.07, 6.45) is 4.23. The van der Waals surface area contributed by atoms with E-state index in [1.165, 1.54) is 30.8 Å². The standard InChI is InChI=1S/C9H7N7O2/c1-18-9(17)7-14-4-16(15-7)8-5-6(11-2-10-5)12-3-13-8/h2-4H,1H3,(H,10,11,12,13). The van der Waals surface area contributed by atoms with Crippen molar-refractivity contribution < 1.29 is 9.53 Å². The van der Waals surface area contributed by atoms with Crippen molar-refractivity contribution in [2.45, 2.75) is 0 Å². The summed E-state index contributed by atoms with van der Waals surface area (Å²) >= 11 is 0. The van der Waals surface area contributed by atoms with Gasteiger partial charge in [0.15, 0.2) is 11.5 Å². The van der Waals surface area contributed by atoms with Gasteiger partial charge in [-0.3, -0.25) is 0 Å². The first-order chi connectivity index (χ1) is 8.79. The Morgan fingerprint density at radius 3 is 3.06 bits per heavy atom. The number of nitrogens with zero attached hydrogens (tertiary/aromatic N) is 6. The SMILES string of the molecule is COC(=O)c1ncn(-c2ncnc3nc[nH]c23)n1. The van der Waals surface area contributed by atoms with Crippen LogP contribution in [0.1, 0.15) is 10.6 Å². The Morgan fingerprint density at radius 2 is 2.22 bits per heavy atom. The van der Waals surface area contributed by atoms with Crippen LogP contribution in [-0.2, 0) is 4.74 Å². The molecule has 3 heterocycles. The van der Waals surface area contributed by atoms with Gasteiger partial charge in [-0.2, -0.15) is 4.68 Å². The van der Waals surface area contributed by atoms with Gasteiger partial charge in [-0.25, -0.2) is 24.7 Å². The number of H-pyrrole nitrogens is 1. The largest absolute Gasteiger partial charge is 0.463 e. The number of methoxy groups -OCH3 is 1. The maximum atomic E-state index is 11.3. The highest BCUT2D eigenvalue weighted by atomic mass is 16.5. The lowest BCUT2D eigenvalue weighted by atomic mass is 10.5. The third-order valence-electron chi connectivity index (χ3n) is 2.28. The molecule has 0 unspecified atom stereocenters. The van der Waals surface area contributed by atoms with Gasteiger partial charge in [0.2, 0.25) is 0 Å². The van der Waals surface area contributed by atoms with Crippen molar-refractivity contribution in [1.29, 1.82) is 0 Å².